The van der Waals surface area contributed by atoms with Gasteiger partial charge in [-0.25, -0.2) is 4.98 Å². The molecule has 162 valence electrons. The standard InChI is InChI=1S/C22H13Br3ClN3O2S/c23-12-9-16(24)20(17(25)10-12)28-19(30)11-32-22-27-18-4-2-1-3-15(18)21(31)29(22)14-7-5-13(26)6-8-14/h1-10H,11H2,(H,28,30). The molecular weight excluding hydrogens is 645 g/mol. The third kappa shape index (κ3) is 5.12. The van der Waals surface area contributed by atoms with E-state index < -0.39 is 0 Å². The van der Waals surface area contributed by atoms with Gasteiger partial charge in [-0.3, -0.25) is 14.2 Å². The molecule has 0 unspecified atom stereocenters. The maximum absolute atomic E-state index is 13.3. The van der Waals surface area contributed by atoms with Gasteiger partial charge in [-0.1, -0.05) is 51.4 Å². The summed E-state index contributed by atoms with van der Waals surface area (Å²) in [7, 11) is 0. The van der Waals surface area contributed by atoms with E-state index in [0.29, 0.717) is 32.5 Å². The molecule has 0 aliphatic heterocycles. The predicted octanol–water partition coefficient (Wildman–Crippen LogP) is 7.06. The van der Waals surface area contributed by atoms with E-state index in [9.17, 15) is 9.59 Å². The van der Waals surface area contributed by atoms with Crippen LogP contribution in [-0.2, 0) is 4.79 Å². The molecule has 4 aromatic rings. The smallest absolute Gasteiger partial charge is 0.266 e. The largest absolute Gasteiger partial charge is 0.323 e. The van der Waals surface area contributed by atoms with Crippen LogP contribution in [0.4, 0.5) is 5.69 Å². The van der Waals surface area contributed by atoms with Crippen LogP contribution in [0.5, 0.6) is 0 Å². The molecule has 10 heteroatoms. The summed E-state index contributed by atoms with van der Waals surface area (Å²) in [5.74, 6) is -0.170. The lowest BCUT2D eigenvalue weighted by Crippen LogP contribution is -2.23. The Hall–Kier alpha value is -1.65. The van der Waals surface area contributed by atoms with Crippen LogP contribution < -0.4 is 10.9 Å². The Bertz CT molecular complexity index is 1370. The van der Waals surface area contributed by atoms with Crippen LogP contribution in [0.2, 0.25) is 5.02 Å². The van der Waals surface area contributed by atoms with Crippen LogP contribution in [-0.4, -0.2) is 21.2 Å². The van der Waals surface area contributed by atoms with Gasteiger partial charge in [-0.05, 0) is 80.4 Å². The molecule has 5 nitrogen and oxygen atoms in total. The maximum atomic E-state index is 13.3. The minimum absolute atomic E-state index is 0.0628. The van der Waals surface area contributed by atoms with Crippen LogP contribution in [0.25, 0.3) is 16.6 Å². The van der Waals surface area contributed by atoms with E-state index in [1.807, 2.05) is 18.2 Å². The van der Waals surface area contributed by atoms with Gasteiger partial charge in [0.1, 0.15) is 0 Å². The second-order valence-corrected chi connectivity index (χ2v) is 10.6. The molecule has 0 spiro atoms. The number of nitrogens with zero attached hydrogens (tertiary/aromatic N) is 2. The Morgan fingerprint density at radius 1 is 1.03 bits per heavy atom. The molecule has 1 amide bonds. The van der Waals surface area contributed by atoms with Crippen molar-refractivity contribution in [1.29, 1.82) is 0 Å². The van der Waals surface area contributed by atoms with Crippen molar-refractivity contribution in [3.63, 3.8) is 0 Å². The van der Waals surface area contributed by atoms with Crippen LogP contribution >= 0.6 is 71.2 Å². The zero-order valence-corrected chi connectivity index (χ0v) is 22.4. The van der Waals surface area contributed by atoms with Crippen LogP contribution in [0.1, 0.15) is 0 Å². The number of aromatic nitrogens is 2. The monoisotopic (exact) mass is 655 g/mol. The topological polar surface area (TPSA) is 64.0 Å². The van der Waals surface area contributed by atoms with E-state index in [1.165, 1.54) is 16.3 Å². The van der Waals surface area contributed by atoms with Crippen molar-refractivity contribution in [2.24, 2.45) is 0 Å². The lowest BCUT2D eigenvalue weighted by molar-refractivity contribution is -0.113. The van der Waals surface area contributed by atoms with E-state index in [0.717, 1.165) is 13.4 Å². The number of rotatable bonds is 5. The minimum atomic E-state index is -0.233. The van der Waals surface area contributed by atoms with Gasteiger partial charge in [0.2, 0.25) is 5.91 Å². The quantitative estimate of drug-likeness (QED) is 0.184. The number of para-hydroxylation sites is 1. The molecule has 0 atom stereocenters. The van der Waals surface area contributed by atoms with Crippen molar-refractivity contribution >= 4 is 93.7 Å². The van der Waals surface area contributed by atoms with E-state index >= 15 is 0 Å². The molecule has 32 heavy (non-hydrogen) atoms. The normalized spacial score (nSPS) is 11.0. The first kappa shape index (κ1) is 23.5. The van der Waals surface area contributed by atoms with E-state index in [4.69, 9.17) is 11.6 Å². The third-order valence-corrected chi connectivity index (χ3v) is 7.33. The van der Waals surface area contributed by atoms with E-state index in [-0.39, 0.29) is 17.2 Å². The van der Waals surface area contributed by atoms with Gasteiger partial charge in [0, 0.05) is 18.4 Å². The molecule has 1 heterocycles. The molecule has 0 bridgehead atoms. The number of carbonyl (C=O) groups is 1. The number of amides is 1. The lowest BCUT2D eigenvalue weighted by Gasteiger charge is -2.14. The van der Waals surface area contributed by atoms with Gasteiger partial charge in [-0.15, -0.1) is 0 Å². The molecule has 4 rings (SSSR count). The van der Waals surface area contributed by atoms with Crippen molar-refractivity contribution in [3.05, 3.63) is 89.5 Å². The van der Waals surface area contributed by atoms with E-state index in [2.05, 4.69) is 58.1 Å². The van der Waals surface area contributed by atoms with Gasteiger partial charge >= 0.3 is 0 Å². The number of anilines is 1. The van der Waals surface area contributed by atoms with Crippen LogP contribution in [0.3, 0.4) is 0 Å². The predicted molar refractivity (Wildman–Crippen MR) is 141 cm³/mol. The van der Waals surface area contributed by atoms with Gasteiger partial charge in [0.05, 0.1) is 28.0 Å². The number of hydrogen-bond donors (Lipinski definition) is 1. The fourth-order valence-corrected chi connectivity index (χ4v) is 6.39. The number of carbonyl (C=O) groups excluding carboxylic acids is 1. The van der Waals surface area contributed by atoms with Crippen LogP contribution in [0, 0.1) is 0 Å². The van der Waals surface area contributed by atoms with Crippen molar-refractivity contribution in [2.75, 3.05) is 11.1 Å². The number of fused-ring (bicyclic) bond motifs is 1. The number of benzene rings is 3. The Balaban J connectivity index is 1.67. The van der Waals surface area contributed by atoms with Gasteiger partial charge in [0.25, 0.3) is 5.56 Å². The van der Waals surface area contributed by atoms with Gasteiger partial charge in [-0.2, -0.15) is 0 Å². The third-order valence-electron chi connectivity index (χ3n) is 4.43. The zero-order valence-electron chi connectivity index (χ0n) is 16.1. The molecule has 1 aromatic heterocycles. The second-order valence-electron chi connectivity index (χ2n) is 6.61. The molecule has 0 aliphatic carbocycles. The summed E-state index contributed by atoms with van der Waals surface area (Å²) in [4.78, 5) is 30.6. The fourth-order valence-electron chi connectivity index (χ4n) is 2.99. The van der Waals surface area contributed by atoms with Crippen LogP contribution in [0.15, 0.2) is 84.0 Å². The maximum Gasteiger partial charge on any atom is 0.266 e. The Labute approximate surface area is 218 Å². The summed E-state index contributed by atoms with van der Waals surface area (Å²) in [6, 6.07) is 17.7. The second kappa shape index (κ2) is 10.1. The molecule has 0 aliphatic rings. The van der Waals surface area contributed by atoms with Crippen molar-refractivity contribution < 1.29 is 4.79 Å². The minimum Gasteiger partial charge on any atom is -0.323 e. The molecule has 0 saturated heterocycles. The lowest BCUT2D eigenvalue weighted by atomic mass is 10.2. The average molecular weight is 659 g/mol. The van der Waals surface area contributed by atoms with E-state index in [1.54, 1.807) is 42.5 Å². The highest BCUT2D eigenvalue weighted by atomic mass is 79.9. The van der Waals surface area contributed by atoms with Crippen molar-refractivity contribution in [3.8, 4) is 5.69 Å². The first-order chi connectivity index (χ1) is 15.3. The highest BCUT2D eigenvalue weighted by molar-refractivity contribution is 9.11. The number of hydrogen-bond acceptors (Lipinski definition) is 4. The fraction of sp³-hybridized carbons (Fsp3) is 0.0455. The molecule has 3 aromatic carbocycles. The Morgan fingerprint density at radius 3 is 2.38 bits per heavy atom. The van der Waals surface area contributed by atoms with Crippen molar-refractivity contribution in [1.82, 2.24) is 9.55 Å². The number of halogens is 4. The van der Waals surface area contributed by atoms with Gasteiger partial charge < -0.3 is 5.32 Å². The number of thioether (sulfide) groups is 1. The molecular formula is C22H13Br3ClN3O2S. The molecule has 1 N–H and O–H groups in total. The summed E-state index contributed by atoms with van der Waals surface area (Å²) in [6.07, 6.45) is 0. The average Bonchev–Trinajstić information content (AvgIpc) is 2.76. The summed E-state index contributed by atoms with van der Waals surface area (Å²) in [5, 5.41) is 4.37. The Morgan fingerprint density at radius 2 is 1.69 bits per heavy atom. The molecule has 0 saturated carbocycles. The molecule has 0 fully saturated rings. The Kier molecular flexibility index (Phi) is 7.41. The first-order valence-electron chi connectivity index (χ1n) is 9.18. The SMILES string of the molecule is O=C(CSc1nc2ccccc2c(=O)n1-c1ccc(Cl)cc1)Nc1c(Br)cc(Br)cc1Br. The summed E-state index contributed by atoms with van der Waals surface area (Å²) in [5.41, 5.74) is 1.61. The zero-order chi connectivity index (χ0) is 22.8. The van der Waals surface area contributed by atoms with Crippen molar-refractivity contribution in [2.45, 2.75) is 5.16 Å². The first-order valence-corrected chi connectivity index (χ1v) is 12.9. The highest BCUT2D eigenvalue weighted by Gasteiger charge is 2.16. The highest BCUT2D eigenvalue weighted by Crippen LogP contribution is 2.34. The summed E-state index contributed by atoms with van der Waals surface area (Å²) >= 11 is 17.5. The van der Waals surface area contributed by atoms with Gasteiger partial charge in [0.15, 0.2) is 5.16 Å². The molecule has 0 radical (unpaired) electrons. The number of nitrogens with one attached hydrogen (secondary N) is 1. The summed E-state index contributed by atoms with van der Waals surface area (Å²) in [6.45, 7) is 0. The summed E-state index contributed by atoms with van der Waals surface area (Å²) < 4.78 is 3.84.